The van der Waals surface area contributed by atoms with Crippen molar-refractivity contribution in [2.24, 2.45) is 0 Å². The van der Waals surface area contributed by atoms with Crippen molar-refractivity contribution in [1.29, 1.82) is 5.26 Å². The monoisotopic (exact) mass is 556 g/mol. The maximum absolute atomic E-state index is 13.0. The van der Waals surface area contributed by atoms with Crippen LogP contribution in [0.4, 0.5) is 5.69 Å². The number of nitrogens with one attached hydrogen (secondary N) is 1. The summed E-state index contributed by atoms with van der Waals surface area (Å²) in [5.74, 6) is -0.634. The van der Waals surface area contributed by atoms with Gasteiger partial charge in [-0.05, 0) is 80.8 Å². The van der Waals surface area contributed by atoms with Gasteiger partial charge in [-0.3, -0.25) is 4.79 Å². The number of hydrogen-bond donors (Lipinski definition) is 1. The Morgan fingerprint density at radius 2 is 1.70 bits per heavy atom. The van der Waals surface area contributed by atoms with E-state index in [0.29, 0.717) is 34.4 Å². The molecule has 1 fully saturated rings. The largest absolute Gasteiger partial charge is 0.321 e. The molecular formula is C27H26Cl2N4O3S. The summed E-state index contributed by atoms with van der Waals surface area (Å²) in [5, 5.41) is 13.4. The Kier molecular flexibility index (Phi) is 8.10. The van der Waals surface area contributed by atoms with Crippen LogP contribution >= 0.6 is 23.2 Å². The van der Waals surface area contributed by atoms with Gasteiger partial charge in [-0.15, -0.1) is 0 Å². The number of nitriles is 1. The second-order valence-electron chi connectivity index (χ2n) is 8.91. The number of sulfonamides is 1. The minimum atomic E-state index is -3.65. The molecular weight excluding hydrogens is 531 g/mol. The van der Waals surface area contributed by atoms with Crippen LogP contribution in [0.1, 0.15) is 36.2 Å². The third-order valence-electron chi connectivity index (χ3n) is 6.29. The molecule has 0 atom stereocenters. The molecule has 0 unspecified atom stereocenters. The number of carbonyl (C=O) groups excluding carboxylic acids is 1. The van der Waals surface area contributed by atoms with Crippen LogP contribution in [0.25, 0.3) is 11.8 Å². The van der Waals surface area contributed by atoms with Gasteiger partial charge in [-0.25, -0.2) is 8.42 Å². The van der Waals surface area contributed by atoms with Crippen LogP contribution in [-0.4, -0.2) is 36.3 Å². The molecule has 3 aromatic rings. The molecule has 1 N–H and O–H groups in total. The fraction of sp³-hybridized carbons (Fsp3) is 0.259. The van der Waals surface area contributed by atoms with Crippen LogP contribution in [0.5, 0.6) is 0 Å². The summed E-state index contributed by atoms with van der Waals surface area (Å²) in [6.07, 6.45) is 4.18. The maximum atomic E-state index is 13.0. The van der Waals surface area contributed by atoms with Crippen LogP contribution < -0.4 is 5.32 Å². The van der Waals surface area contributed by atoms with Gasteiger partial charge in [-0.2, -0.15) is 9.57 Å². The number of hydrogen-bond acceptors (Lipinski definition) is 4. The summed E-state index contributed by atoms with van der Waals surface area (Å²) in [5.41, 5.74) is 3.29. The van der Waals surface area contributed by atoms with Crippen molar-refractivity contribution >= 4 is 50.9 Å². The van der Waals surface area contributed by atoms with Gasteiger partial charge in [-0.1, -0.05) is 35.7 Å². The number of carbonyl (C=O) groups is 1. The second-order valence-corrected chi connectivity index (χ2v) is 11.7. The molecule has 0 saturated carbocycles. The van der Waals surface area contributed by atoms with E-state index in [-0.39, 0.29) is 10.5 Å². The van der Waals surface area contributed by atoms with E-state index in [2.05, 4.69) is 5.32 Å². The van der Waals surface area contributed by atoms with Gasteiger partial charge in [0.2, 0.25) is 10.0 Å². The Morgan fingerprint density at radius 3 is 2.35 bits per heavy atom. The average Bonchev–Trinajstić information content (AvgIpc) is 3.14. The van der Waals surface area contributed by atoms with Gasteiger partial charge in [0, 0.05) is 45.9 Å². The SMILES string of the molecule is Cc1cc(/C=C(\C#N)C(=O)Nc2cccc(S(=O)(=O)N3CCCCC3)c2)c(C)n1-c1cc(Cl)cc(Cl)c1. The van der Waals surface area contributed by atoms with Crippen molar-refractivity contribution in [1.82, 2.24) is 8.87 Å². The highest BCUT2D eigenvalue weighted by Gasteiger charge is 2.26. The minimum absolute atomic E-state index is 0.110. The zero-order valence-electron chi connectivity index (χ0n) is 20.5. The third-order valence-corrected chi connectivity index (χ3v) is 8.62. The number of piperidine rings is 1. The number of anilines is 1. The Hall–Kier alpha value is -3.09. The number of amides is 1. The highest BCUT2D eigenvalue weighted by molar-refractivity contribution is 7.89. The third kappa shape index (κ3) is 5.91. The summed E-state index contributed by atoms with van der Waals surface area (Å²) in [4.78, 5) is 13.1. The maximum Gasteiger partial charge on any atom is 0.266 e. The molecule has 37 heavy (non-hydrogen) atoms. The molecule has 1 aliphatic rings. The van der Waals surface area contributed by atoms with E-state index >= 15 is 0 Å². The lowest BCUT2D eigenvalue weighted by Crippen LogP contribution is -2.35. The summed E-state index contributed by atoms with van der Waals surface area (Å²) >= 11 is 12.3. The van der Waals surface area contributed by atoms with Crippen LogP contribution in [0.3, 0.4) is 0 Å². The normalized spacial score (nSPS) is 14.8. The molecule has 4 rings (SSSR count). The molecule has 0 aliphatic carbocycles. The zero-order valence-corrected chi connectivity index (χ0v) is 22.8. The molecule has 10 heteroatoms. The Morgan fingerprint density at radius 1 is 1.03 bits per heavy atom. The Labute approximate surface area is 227 Å². The van der Waals surface area contributed by atoms with Crippen LogP contribution in [0.15, 0.2) is 59.0 Å². The van der Waals surface area contributed by atoms with Crippen molar-refractivity contribution < 1.29 is 13.2 Å². The molecule has 1 saturated heterocycles. The van der Waals surface area contributed by atoms with Gasteiger partial charge in [0.1, 0.15) is 11.6 Å². The van der Waals surface area contributed by atoms with E-state index in [1.165, 1.54) is 22.5 Å². The zero-order chi connectivity index (χ0) is 26.7. The predicted octanol–water partition coefficient (Wildman–Crippen LogP) is 6.12. The van der Waals surface area contributed by atoms with E-state index in [4.69, 9.17) is 23.2 Å². The van der Waals surface area contributed by atoms with E-state index in [9.17, 15) is 18.5 Å². The van der Waals surface area contributed by atoms with Gasteiger partial charge < -0.3 is 9.88 Å². The summed E-state index contributed by atoms with van der Waals surface area (Å²) in [6.45, 7) is 4.75. The number of halogens is 2. The van der Waals surface area contributed by atoms with Crippen molar-refractivity contribution in [2.75, 3.05) is 18.4 Å². The number of aromatic nitrogens is 1. The van der Waals surface area contributed by atoms with Crippen LogP contribution in [0.2, 0.25) is 10.0 Å². The van der Waals surface area contributed by atoms with E-state index in [1.54, 1.807) is 30.3 Å². The second kappa shape index (κ2) is 11.1. The van der Waals surface area contributed by atoms with Gasteiger partial charge in [0.05, 0.1) is 4.90 Å². The first-order valence-electron chi connectivity index (χ1n) is 11.8. The molecule has 1 aliphatic heterocycles. The standard InChI is InChI=1S/C27H26Cl2N4O3S/c1-18-11-20(19(2)33(18)25-14-22(28)13-23(29)15-25)12-21(17-30)27(34)31-24-7-6-8-26(16-24)37(35,36)32-9-4-3-5-10-32/h6-8,11-16H,3-5,9-10H2,1-2H3,(H,31,34)/b21-12+. The average molecular weight is 558 g/mol. The molecule has 192 valence electrons. The smallest absolute Gasteiger partial charge is 0.266 e. The van der Waals surface area contributed by atoms with Crippen molar-refractivity contribution in [3.63, 3.8) is 0 Å². The van der Waals surface area contributed by atoms with E-state index < -0.39 is 15.9 Å². The molecule has 0 bridgehead atoms. The lowest BCUT2D eigenvalue weighted by Gasteiger charge is -2.26. The van der Waals surface area contributed by atoms with Gasteiger partial charge in [0.15, 0.2) is 0 Å². The van der Waals surface area contributed by atoms with E-state index in [0.717, 1.165) is 36.3 Å². The quantitative estimate of drug-likeness (QED) is 0.292. The predicted molar refractivity (Wildman–Crippen MR) is 147 cm³/mol. The molecule has 1 amide bonds. The highest BCUT2D eigenvalue weighted by Crippen LogP contribution is 2.28. The van der Waals surface area contributed by atoms with Crippen molar-refractivity contribution in [3.05, 3.63) is 81.1 Å². The fourth-order valence-corrected chi connectivity index (χ4v) is 6.57. The molecule has 0 spiro atoms. The molecule has 0 radical (unpaired) electrons. The van der Waals surface area contributed by atoms with Gasteiger partial charge >= 0.3 is 0 Å². The van der Waals surface area contributed by atoms with E-state index in [1.807, 2.05) is 30.6 Å². The molecule has 1 aromatic heterocycles. The van der Waals surface area contributed by atoms with Crippen molar-refractivity contribution in [3.8, 4) is 11.8 Å². The van der Waals surface area contributed by atoms with Gasteiger partial charge in [0.25, 0.3) is 5.91 Å². The highest BCUT2D eigenvalue weighted by atomic mass is 35.5. The lowest BCUT2D eigenvalue weighted by molar-refractivity contribution is -0.112. The lowest BCUT2D eigenvalue weighted by atomic mass is 10.1. The fourth-order valence-electron chi connectivity index (χ4n) is 4.49. The number of nitrogens with zero attached hydrogens (tertiary/aromatic N) is 3. The molecule has 7 nitrogen and oxygen atoms in total. The Balaban J connectivity index is 1.59. The van der Waals surface area contributed by atoms with Crippen molar-refractivity contribution in [2.45, 2.75) is 38.0 Å². The minimum Gasteiger partial charge on any atom is -0.321 e. The number of aryl methyl sites for hydroxylation is 1. The van der Waals surface area contributed by atoms with Crippen LogP contribution in [-0.2, 0) is 14.8 Å². The van der Waals surface area contributed by atoms with Crippen LogP contribution in [0, 0.1) is 25.2 Å². The summed E-state index contributed by atoms with van der Waals surface area (Å²) in [7, 11) is -3.65. The molecule has 2 heterocycles. The number of rotatable bonds is 6. The first-order valence-corrected chi connectivity index (χ1v) is 14.0. The Bertz CT molecular complexity index is 1510. The first-order chi connectivity index (χ1) is 17.6. The topological polar surface area (TPSA) is 95.2 Å². The number of benzene rings is 2. The summed E-state index contributed by atoms with van der Waals surface area (Å²) < 4.78 is 29.4. The molecule has 2 aromatic carbocycles. The first kappa shape index (κ1) is 27.0. The summed E-state index contributed by atoms with van der Waals surface area (Å²) in [6, 6.07) is 15.1.